The van der Waals surface area contributed by atoms with Crippen LogP contribution in [0, 0.1) is 6.92 Å². The van der Waals surface area contributed by atoms with Gasteiger partial charge in [0.05, 0.1) is 10.0 Å². The van der Waals surface area contributed by atoms with E-state index in [4.69, 9.17) is 52.0 Å². The summed E-state index contributed by atoms with van der Waals surface area (Å²) in [5.74, 6) is 0.0197. The normalized spacial score (nSPS) is 12.4. The SMILES string of the molecule is Cc1cc(Cl)c(-n2nc(C(N)=S)c(S(N)=O)c2N)c(Cl)c1. The van der Waals surface area contributed by atoms with Gasteiger partial charge in [-0.05, 0) is 24.6 Å². The van der Waals surface area contributed by atoms with Crippen LogP contribution in [0.4, 0.5) is 5.82 Å². The Kier molecular flexibility index (Phi) is 4.54. The van der Waals surface area contributed by atoms with E-state index in [1.54, 1.807) is 12.1 Å². The molecular formula is C11H11Cl2N5OS2. The summed E-state index contributed by atoms with van der Waals surface area (Å²) in [4.78, 5) is -0.0242. The Morgan fingerprint density at radius 3 is 2.29 bits per heavy atom. The van der Waals surface area contributed by atoms with Crippen molar-refractivity contribution in [3.63, 3.8) is 0 Å². The highest BCUT2D eigenvalue weighted by Gasteiger charge is 2.24. The van der Waals surface area contributed by atoms with E-state index in [0.717, 1.165) is 5.56 Å². The first-order chi connectivity index (χ1) is 9.73. The second kappa shape index (κ2) is 5.90. The average Bonchev–Trinajstić information content (AvgIpc) is 2.66. The van der Waals surface area contributed by atoms with Gasteiger partial charge in [0.25, 0.3) is 0 Å². The Hall–Kier alpha value is -1.19. The van der Waals surface area contributed by atoms with Gasteiger partial charge in [0.15, 0.2) is 0 Å². The Bertz CT molecular complexity index is 751. The quantitative estimate of drug-likeness (QED) is 0.718. The molecule has 0 fully saturated rings. The van der Waals surface area contributed by atoms with Gasteiger partial charge in [-0.25, -0.2) is 14.0 Å². The Balaban J connectivity index is 2.80. The van der Waals surface area contributed by atoms with Crippen LogP contribution in [0.5, 0.6) is 0 Å². The number of thiocarbonyl (C=S) groups is 1. The second-order valence-corrected chi connectivity index (χ2v) is 6.47. The Labute approximate surface area is 138 Å². The van der Waals surface area contributed by atoms with Crippen LogP contribution in [-0.2, 0) is 11.0 Å². The van der Waals surface area contributed by atoms with Crippen molar-refractivity contribution in [1.82, 2.24) is 9.78 Å². The number of nitrogen functional groups attached to an aromatic ring is 1. The maximum absolute atomic E-state index is 11.6. The maximum atomic E-state index is 11.6. The minimum absolute atomic E-state index is 0.0197. The molecule has 1 atom stereocenters. The first-order valence-corrected chi connectivity index (χ1v) is 7.92. The number of nitrogens with two attached hydrogens (primary N) is 3. The summed E-state index contributed by atoms with van der Waals surface area (Å²) in [5, 5.41) is 10.2. The molecule has 1 aromatic carbocycles. The van der Waals surface area contributed by atoms with Crippen LogP contribution in [0.25, 0.3) is 5.69 Å². The second-order valence-electron chi connectivity index (χ2n) is 4.21. The number of aryl methyl sites for hydroxylation is 1. The Morgan fingerprint density at radius 2 is 1.90 bits per heavy atom. The number of nitrogens with zero attached hydrogens (tertiary/aromatic N) is 2. The zero-order chi connectivity index (χ0) is 15.9. The van der Waals surface area contributed by atoms with Crippen molar-refractivity contribution in [3.05, 3.63) is 33.4 Å². The van der Waals surface area contributed by atoms with Crippen molar-refractivity contribution in [1.29, 1.82) is 0 Å². The van der Waals surface area contributed by atoms with Gasteiger partial charge in [-0.1, -0.05) is 35.4 Å². The van der Waals surface area contributed by atoms with E-state index in [1.807, 2.05) is 6.92 Å². The summed E-state index contributed by atoms with van der Waals surface area (Å²) in [5.41, 5.74) is 12.8. The molecule has 10 heteroatoms. The topological polar surface area (TPSA) is 113 Å². The number of aromatic nitrogens is 2. The van der Waals surface area contributed by atoms with Crippen molar-refractivity contribution in [2.45, 2.75) is 11.8 Å². The van der Waals surface area contributed by atoms with Gasteiger partial charge in [0.1, 0.15) is 38.1 Å². The first kappa shape index (κ1) is 16.2. The van der Waals surface area contributed by atoms with Gasteiger partial charge in [-0.3, -0.25) is 0 Å². The highest BCUT2D eigenvalue weighted by atomic mass is 35.5. The van der Waals surface area contributed by atoms with Gasteiger partial charge < -0.3 is 11.5 Å². The van der Waals surface area contributed by atoms with Gasteiger partial charge in [-0.2, -0.15) is 5.10 Å². The molecular weight excluding hydrogens is 353 g/mol. The zero-order valence-corrected chi connectivity index (χ0v) is 13.9. The molecule has 1 aromatic heterocycles. The van der Waals surface area contributed by atoms with E-state index in [0.29, 0.717) is 15.7 Å². The summed E-state index contributed by atoms with van der Waals surface area (Å²) in [6, 6.07) is 3.40. The van der Waals surface area contributed by atoms with Crippen molar-refractivity contribution >= 4 is 57.2 Å². The van der Waals surface area contributed by atoms with Gasteiger partial charge in [-0.15, -0.1) is 0 Å². The molecule has 0 aliphatic carbocycles. The lowest BCUT2D eigenvalue weighted by Gasteiger charge is -2.10. The van der Waals surface area contributed by atoms with Crippen LogP contribution in [0.15, 0.2) is 17.0 Å². The minimum Gasteiger partial charge on any atom is -0.388 e. The van der Waals surface area contributed by atoms with Crippen LogP contribution >= 0.6 is 35.4 Å². The fraction of sp³-hybridized carbons (Fsp3) is 0.0909. The number of benzene rings is 1. The average molecular weight is 364 g/mol. The maximum Gasteiger partial charge on any atom is 0.145 e. The van der Waals surface area contributed by atoms with Gasteiger partial charge >= 0.3 is 0 Å². The lowest BCUT2D eigenvalue weighted by atomic mass is 10.2. The highest BCUT2D eigenvalue weighted by molar-refractivity contribution is 7.83. The van der Waals surface area contributed by atoms with E-state index in [2.05, 4.69) is 5.10 Å². The van der Waals surface area contributed by atoms with E-state index < -0.39 is 11.0 Å². The Morgan fingerprint density at radius 1 is 1.38 bits per heavy atom. The largest absolute Gasteiger partial charge is 0.388 e. The standard InChI is InChI=1S/C11H11Cl2N5OS2/c1-4-2-5(12)8(6(13)3-4)18-10(14)9(21(16)19)7(17-18)11(15)20/h2-3H,14,16H2,1H3,(H2,15,20). The molecule has 0 bridgehead atoms. The van der Waals surface area contributed by atoms with E-state index in [1.165, 1.54) is 4.68 Å². The highest BCUT2D eigenvalue weighted by Crippen LogP contribution is 2.33. The third kappa shape index (κ3) is 2.90. The molecule has 1 heterocycles. The minimum atomic E-state index is -1.91. The molecule has 6 nitrogen and oxygen atoms in total. The van der Waals surface area contributed by atoms with E-state index >= 15 is 0 Å². The molecule has 0 saturated heterocycles. The molecule has 2 aromatic rings. The molecule has 21 heavy (non-hydrogen) atoms. The lowest BCUT2D eigenvalue weighted by Crippen LogP contribution is -2.15. The fourth-order valence-corrected chi connectivity index (χ4v) is 3.44. The number of anilines is 1. The molecule has 0 saturated carbocycles. The molecule has 0 aliphatic rings. The third-order valence-corrected chi connectivity index (χ3v) is 4.26. The third-order valence-electron chi connectivity index (χ3n) is 2.68. The van der Waals surface area contributed by atoms with Crippen molar-refractivity contribution < 1.29 is 4.21 Å². The molecule has 0 amide bonds. The molecule has 0 aliphatic heterocycles. The molecule has 112 valence electrons. The monoisotopic (exact) mass is 363 g/mol. The van der Waals surface area contributed by atoms with Crippen molar-refractivity contribution in [2.24, 2.45) is 10.9 Å². The molecule has 2 rings (SSSR count). The van der Waals surface area contributed by atoms with Crippen LogP contribution in [0.1, 0.15) is 11.3 Å². The van der Waals surface area contributed by atoms with Gasteiger partial charge in [0.2, 0.25) is 0 Å². The van der Waals surface area contributed by atoms with Crippen molar-refractivity contribution in [2.75, 3.05) is 5.73 Å². The molecule has 6 N–H and O–H groups in total. The predicted molar refractivity (Wildman–Crippen MR) is 89.2 cm³/mol. The first-order valence-electron chi connectivity index (χ1n) is 5.54. The molecule has 0 radical (unpaired) electrons. The van der Waals surface area contributed by atoms with Crippen LogP contribution in [0.3, 0.4) is 0 Å². The number of rotatable bonds is 3. The summed E-state index contributed by atoms with van der Waals surface area (Å²) in [6.45, 7) is 1.84. The van der Waals surface area contributed by atoms with Crippen LogP contribution in [0.2, 0.25) is 10.0 Å². The molecule has 1 unspecified atom stereocenters. The van der Waals surface area contributed by atoms with Gasteiger partial charge in [0, 0.05) is 0 Å². The van der Waals surface area contributed by atoms with E-state index in [9.17, 15) is 4.21 Å². The summed E-state index contributed by atoms with van der Waals surface area (Å²) in [6.07, 6.45) is 0. The molecule has 0 spiro atoms. The summed E-state index contributed by atoms with van der Waals surface area (Å²) < 4.78 is 12.9. The van der Waals surface area contributed by atoms with Crippen LogP contribution in [-0.4, -0.2) is 19.0 Å². The fourth-order valence-electron chi connectivity index (χ4n) is 1.84. The van der Waals surface area contributed by atoms with Crippen LogP contribution < -0.4 is 16.6 Å². The number of hydrogen-bond acceptors (Lipinski definition) is 4. The zero-order valence-electron chi connectivity index (χ0n) is 10.8. The smallest absolute Gasteiger partial charge is 0.145 e. The number of halogens is 2. The summed E-state index contributed by atoms with van der Waals surface area (Å²) in [7, 11) is -1.91. The van der Waals surface area contributed by atoms with Crippen molar-refractivity contribution in [3.8, 4) is 5.69 Å². The lowest BCUT2D eigenvalue weighted by molar-refractivity contribution is 0.684. The number of hydrogen-bond donors (Lipinski definition) is 3. The predicted octanol–water partition coefficient (Wildman–Crippen LogP) is 1.69. The van der Waals surface area contributed by atoms with E-state index in [-0.39, 0.29) is 21.4 Å². The summed E-state index contributed by atoms with van der Waals surface area (Å²) >= 11 is 17.2.